The lowest BCUT2D eigenvalue weighted by Gasteiger charge is -2.07. The highest BCUT2D eigenvalue weighted by molar-refractivity contribution is 7.99. The largest absolute Gasteiger partial charge is 0.325 e. The van der Waals surface area contributed by atoms with Crippen molar-refractivity contribution in [1.82, 2.24) is 9.38 Å². The van der Waals surface area contributed by atoms with E-state index in [1.54, 1.807) is 18.0 Å². The predicted octanol–water partition coefficient (Wildman–Crippen LogP) is 5.43. The summed E-state index contributed by atoms with van der Waals surface area (Å²) in [6, 6.07) is 16.8. The first-order valence-corrected chi connectivity index (χ1v) is 12.2. The van der Waals surface area contributed by atoms with E-state index in [4.69, 9.17) is 11.6 Å². The highest BCUT2D eigenvalue weighted by Crippen LogP contribution is 2.33. The molecule has 0 atom stereocenters. The Balaban J connectivity index is 1.28. The zero-order chi connectivity index (χ0) is 20.9. The van der Waals surface area contributed by atoms with Crippen LogP contribution in [0.4, 0.5) is 5.69 Å². The molecule has 152 valence electrons. The summed E-state index contributed by atoms with van der Waals surface area (Å²) in [5.41, 5.74) is 1.32. The highest BCUT2D eigenvalue weighted by atomic mass is 35.5. The van der Waals surface area contributed by atoms with Crippen LogP contribution in [-0.2, 0) is 10.5 Å². The number of carbonyl (C=O) groups excluding carboxylic acids is 1. The summed E-state index contributed by atoms with van der Waals surface area (Å²) in [6.45, 7) is 0. The molecular weight excluding hydrogens is 458 g/mol. The molecule has 0 aliphatic heterocycles. The number of hydrogen-bond acceptors (Lipinski definition) is 6. The Morgan fingerprint density at radius 3 is 2.77 bits per heavy atom. The number of rotatable bonds is 7. The van der Waals surface area contributed by atoms with Crippen LogP contribution < -0.4 is 10.9 Å². The van der Waals surface area contributed by atoms with Gasteiger partial charge in [-0.2, -0.15) is 0 Å². The van der Waals surface area contributed by atoms with Gasteiger partial charge in [-0.05, 0) is 36.4 Å². The molecule has 0 saturated carbocycles. The van der Waals surface area contributed by atoms with E-state index in [0.717, 1.165) is 15.5 Å². The highest BCUT2D eigenvalue weighted by Gasteiger charge is 2.07. The maximum atomic E-state index is 12.2. The third kappa shape index (κ3) is 5.26. The third-order valence-electron chi connectivity index (χ3n) is 4.04. The normalized spacial score (nSPS) is 11.0. The molecule has 2 heterocycles. The van der Waals surface area contributed by atoms with Crippen molar-refractivity contribution in [2.24, 2.45) is 0 Å². The van der Waals surface area contributed by atoms with E-state index >= 15 is 0 Å². The van der Waals surface area contributed by atoms with Crippen molar-refractivity contribution < 1.29 is 4.79 Å². The number of amides is 1. The Morgan fingerprint density at radius 2 is 1.97 bits per heavy atom. The Labute approximate surface area is 190 Å². The van der Waals surface area contributed by atoms with Gasteiger partial charge in [0.1, 0.15) is 0 Å². The van der Waals surface area contributed by atoms with Gasteiger partial charge in [0, 0.05) is 38.9 Å². The molecule has 9 heteroatoms. The average Bonchev–Trinajstić information content (AvgIpc) is 3.20. The van der Waals surface area contributed by atoms with Crippen LogP contribution >= 0.6 is 46.5 Å². The van der Waals surface area contributed by atoms with Crippen LogP contribution in [0.1, 0.15) is 5.69 Å². The van der Waals surface area contributed by atoms with Crippen LogP contribution in [0.2, 0.25) is 5.02 Å². The van der Waals surface area contributed by atoms with Crippen molar-refractivity contribution in [2.75, 3.05) is 11.1 Å². The van der Waals surface area contributed by atoms with Crippen LogP contribution in [0.25, 0.3) is 4.96 Å². The molecule has 2 aromatic carbocycles. The molecule has 0 saturated heterocycles. The van der Waals surface area contributed by atoms with Crippen LogP contribution in [0.3, 0.4) is 0 Å². The van der Waals surface area contributed by atoms with Crippen LogP contribution in [0.15, 0.2) is 80.8 Å². The van der Waals surface area contributed by atoms with Gasteiger partial charge in [0.2, 0.25) is 5.91 Å². The van der Waals surface area contributed by atoms with Crippen LogP contribution in [-0.4, -0.2) is 21.0 Å². The first kappa shape index (κ1) is 21.0. The number of benzene rings is 2. The summed E-state index contributed by atoms with van der Waals surface area (Å²) in [7, 11) is 0. The second-order valence-electron chi connectivity index (χ2n) is 6.24. The standard InChI is InChI=1S/C21H16ClN3O2S3/c22-17-3-1-2-4-18(17)30-16-7-5-14(6-8-16)23-19(26)13-28-12-15-11-20(27)25-9-10-29-21(25)24-15/h1-11H,12-13H2,(H,23,26). The predicted molar refractivity (Wildman–Crippen MR) is 126 cm³/mol. The Bertz CT molecular complexity index is 1240. The molecule has 2 aromatic heterocycles. The zero-order valence-corrected chi connectivity index (χ0v) is 18.8. The minimum atomic E-state index is -0.101. The second-order valence-corrected chi connectivity index (χ2v) is 9.62. The maximum absolute atomic E-state index is 12.2. The van der Waals surface area contributed by atoms with Crippen molar-refractivity contribution in [2.45, 2.75) is 15.5 Å². The van der Waals surface area contributed by atoms with Crippen LogP contribution in [0.5, 0.6) is 0 Å². The topological polar surface area (TPSA) is 63.5 Å². The van der Waals surface area contributed by atoms with Crippen molar-refractivity contribution in [3.05, 3.63) is 87.2 Å². The Morgan fingerprint density at radius 1 is 1.17 bits per heavy atom. The molecule has 30 heavy (non-hydrogen) atoms. The number of aromatic nitrogens is 2. The zero-order valence-electron chi connectivity index (χ0n) is 15.6. The molecular formula is C21H16ClN3O2S3. The number of thioether (sulfide) groups is 1. The number of fused-ring (bicyclic) bond motifs is 1. The molecule has 0 spiro atoms. The van der Waals surface area contributed by atoms with Gasteiger partial charge < -0.3 is 5.32 Å². The summed E-state index contributed by atoms with van der Waals surface area (Å²) in [5, 5.41) is 5.43. The average molecular weight is 474 g/mol. The number of nitrogens with one attached hydrogen (secondary N) is 1. The lowest BCUT2D eigenvalue weighted by atomic mass is 10.3. The van der Waals surface area contributed by atoms with E-state index in [1.807, 2.05) is 53.9 Å². The summed E-state index contributed by atoms with van der Waals surface area (Å²) in [6.07, 6.45) is 1.71. The van der Waals surface area contributed by atoms with Crippen molar-refractivity contribution in [1.29, 1.82) is 0 Å². The SMILES string of the molecule is O=C(CSCc1cc(=O)n2ccsc2n1)Nc1ccc(Sc2ccccc2Cl)cc1. The van der Waals surface area contributed by atoms with Gasteiger partial charge in [-0.3, -0.25) is 14.0 Å². The third-order valence-corrected chi connectivity index (χ3v) is 7.29. The molecule has 5 nitrogen and oxygen atoms in total. The Hall–Kier alpha value is -2.26. The van der Waals surface area contributed by atoms with Gasteiger partial charge in [-0.1, -0.05) is 35.5 Å². The molecule has 1 amide bonds. The molecule has 1 N–H and O–H groups in total. The molecule has 0 fully saturated rings. The van der Waals surface area contributed by atoms with E-state index in [0.29, 0.717) is 21.4 Å². The van der Waals surface area contributed by atoms with Gasteiger partial charge in [-0.15, -0.1) is 23.1 Å². The van der Waals surface area contributed by atoms with E-state index in [2.05, 4.69) is 10.3 Å². The molecule has 0 radical (unpaired) electrons. The minimum absolute atomic E-state index is 0.0968. The van der Waals surface area contributed by atoms with E-state index < -0.39 is 0 Å². The number of nitrogens with zero attached hydrogens (tertiary/aromatic N) is 2. The summed E-state index contributed by atoms with van der Waals surface area (Å²) < 4.78 is 1.51. The number of thiazole rings is 1. The van der Waals surface area contributed by atoms with Gasteiger partial charge >= 0.3 is 0 Å². The first-order valence-electron chi connectivity index (χ1n) is 8.94. The quantitative estimate of drug-likeness (QED) is 0.387. The number of anilines is 1. The first-order chi connectivity index (χ1) is 14.6. The molecule has 0 bridgehead atoms. The van der Waals surface area contributed by atoms with Gasteiger partial charge in [0.05, 0.1) is 16.5 Å². The van der Waals surface area contributed by atoms with E-state index in [9.17, 15) is 9.59 Å². The molecule has 0 aliphatic rings. The summed E-state index contributed by atoms with van der Waals surface area (Å²) >= 11 is 10.6. The molecule has 4 rings (SSSR count). The van der Waals surface area contributed by atoms with Crippen molar-refractivity contribution in [3.63, 3.8) is 0 Å². The van der Waals surface area contributed by atoms with Crippen molar-refractivity contribution >= 4 is 63.0 Å². The number of carbonyl (C=O) groups is 1. The van der Waals surface area contributed by atoms with E-state index in [-0.39, 0.29) is 17.2 Å². The number of halogens is 1. The monoisotopic (exact) mass is 473 g/mol. The second kappa shape index (κ2) is 9.70. The fourth-order valence-electron chi connectivity index (χ4n) is 2.67. The fourth-order valence-corrected chi connectivity index (χ4v) is 5.21. The van der Waals surface area contributed by atoms with E-state index in [1.165, 1.54) is 33.6 Å². The molecule has 4 aromatic rings. The van der Waals surface area contributed by atoms with Gasteiger partial charge in [0.25, 0.3) is 5.56 Å². The van der Waals surface area contributed by atoms with Gasteiger partial charge in [-0.25, -0.2) is 4.98 Å². The minimum Gasteiger partial charge on any atom is -0.325 e. The maximum Gasteiger partial charge on any atom is 0.258 e. The smallest absolute Gasteiger partial charge is 0.258 e. The molecule has 0 aliphatic carbocycles. The van der Waals surface area contributed by atoms with Gasteiger partial charge in [0.15, 0.2) is 4.96 Å². The fraction of sp³-hybridized carbons (Fsp3) is 0.0952. The lowest BCUT2D eigenvalue weighted by molar-refractivity contribution is -0.113. The number of hydrogen-bond donors (Lipinski definition) is 1. The Kier molecular flexibility index (Phi) is 6.79. The lowest BCUT2D eigenvalue weighted by Crippen LogP contribution is -2.15. The van der Waals surface area contributed by atoms with Crippen molar-refractivity contribution in [3.8, 4) is 0 Å². The van der Waals surface area contributed by atoms with Crippen LogP contribution in [0, 0.1) is 0 Å². The summed E-state index contributed by atoms with van der Waals surface area (Å²) in [4.78, 5) is 31.3. The molecule has 0 unspecified atom stereocenters. The summed E-state index contributed by atoms with van der Waals surface area (Å²) in [5.74, 6) is 0.687.